The average molecular weight is 270 g/mol. The molecule has 5 nitrogen and oxygen atoms in total. The van der Waals surface area contributed by atoms with E-state index in [1.54, 1.807) is 0 Å². The Labute approximate surface area is 107 Å². The van der Waals surface area contributed by atoms with E-state index in [9.17, 15) is 13.2 Å². The predicted molar refractivity (Wildman–Crippen MR) is 68.8 cm³/mol. The normalized spacial score (nSPS) is 18.3. The van der Waals surface area contributed by atoms with Crippen molar-refractivity contribution in [3.8, 4) is 0 Å². The Morgan fingerprint density at radius 3 is 2.67 bits per heavy atom. The molecule has 2 N–H and O–H groups in total. The van der Waals surface area contributed by atoms with E-state index in [1.165, 1.54) is 18.5 Å². The number of nitrogens with one attached hydrogen (secondary N) is 2. The highest BCUT2D eigenvalue weighted by Gasteiger charge is 2.36. The van der Waals surface area contributed by atoms with E-state index < -0.39 is 15.5 Å². The molecule has 6 heteroatoms. The third kappa shape index (κ3) is 2.49. The van der Waals surface area contributed by atoms with Gasteiger partial charge in [-0.05, 0) is 24.7 Å². The lowest BCUT2D eigenvalue weighted by atomic mass is 9.67. The molecule has 0 saturated heterocycles. The lowest BCUT2D eigenvalue weighted by molar-refractivity contribution is 0.133. The van der Waals surface area contributed by atoms with Gasteiger partial charge in [-0.2, -0.15) is 0 Å². The van der Waals surface area contributed by atoms with Crippen molar-refractivity contribution in [3.05, 3.63) is 28.7 Å². The third-order valence-electron chi connectivity index (χ3n) is 3.88. The van der Waals surface area contributed by atoms with E-state index in [0.717, 1.165) is 25.7 Å². The van der Waals surface area contributed by atoms with E-state index in [2.05, 4.69) is 16.6 Å². The molecule has 0 bridgehead atoms. The molecule has 0 aromatic carbocycles. The van der Waals surface area contributed by atoms with Crippen LogP contribution in [-0.4, -0.2) is 19.9 Å². The highest BCUT2D eigenvalue weighted by atomic mass is 32.2. The molecule has 100 valence electrons. The highest BCUT2D eigenvalue weighted by Crippen LogP contribution is 2.43. The van der Waals surface area contributed by atoms with Crippen LogP contribution in [0.1, 0.15) is 32.6 Å². The number of aromatic nitrogens is 1. The van der Waals surface area contributed by atoms with E-state index >= 15 is 0 Å². The molecule has 0 amide bonds. The van der Waals surface area contributed by atoms with Gasteiger partial charge in [-0.3, -0.25) is 4.79 Å². The van der Waals surface area contributed by atoms with Crippen LogP contribution in [0.15, 0.2) is 28.2 Å². The van der Waals surface area contributed by atoms with E-state index in [1.807, 2.05) is 0 Å². The molecule has 1 aliphatic carbocycles. The fourth-order valence-electron chi connectivity index (χ4n) is 2.27. The molecule has 2 rings (SSSR count). The van der Waals surface area contributed by atoms with Gasteiger partial charge in [0, 0.05) is 25.0 Å². The minimum Gasteiger partial charge on any atom is -0.366 e. The van der Waals surface area contributed by atoms with Gasteiger partial charge >= 0.3 is 0 Å². The second-order valence-corrected chi connectivity index (χ2v) is 6.64. The molecule has 1 heterocycles. The quantitative estimate of drug-likeness (QED) is 0.844. The maximum absolute atomic E-state index is 12.0. The second kappa shape index (κ2) is 4.85. The summed E-state index contributed by atoms with van der Waals surface area (Å²) in [4.78, 5) is 13.9. The minimum absolute atomic E-state index is 0.0919. The fraction of sp³-hybridized carbons (Fsp3) is 0.583. The van der Waals surface area contributed by atoms with Crippen molar-refractivity contribution in [1.29, 1.82) is 0 Å². The summed E-state index contributed by atoms with van der Waals surface area (Å²) in [6.45, 7) is 2.49. The van der Waals surface area contributed by atoms with Crippen molar-refractivity contribution in [2.75, 3.05) is 6.54 Å². The number of sulfonamides is 1. The maximum Gasteiger partial charge on any atom is 0.245 e. The van der Waals surface area contributed by atoms with Crippen LogP contribution in [0.3, 0.4) is 0 Å². The Morgan fingerprint density at radius 2 is 2.17 bits per heavy atom. The van der Waals surface area contributed by atoms with Crippen molar-refractivity contribution >= 4 is 10.0 Å². The molecular formula is C12H18N2O3S. The molecule has 0 atom stereocenters. The lowest BCUT2D eigenvalue weighted by Crippen LogP contribution is -2.42. The van der Waals surface area contributed by atoms with Crippen LogP contribution in [0, 0.1) is 5.41 Å². The molecule has 0 aliphatic heterocycles. The zero-order chi connectivity index (χ0) is 13.2. The Hall–Kier alpha value is -1.14. The number of aromatic amines is 1. The Kier molecular flexibility index (Phi) is 3.59. The van der Waals surface area contributed by atoms with Crippen LogP contribution in [0.5, 0.6) is 0 Å². The Morgan fingerprint density at radius 1 is 1.44 bits per heavy atom. The molecule has 1 aromatic heterocycles. The summed E-state index contributed by atoms with van der Waals surface area (Å²) in [5.41, 5.74) is -0.394. The topological polar surface area (TPSA) is 79.0 Å². The average Bonchev–Trinajstić information content (AvgIpc) is 2.28. The van der Waals surface area contributed by atoms with Crippen LogP contribution in [0.2, 0.25) is 0 Å². The molecule has 0 radical (unpaired) electrons. The van der Waals surface area contributed by atoms with Crippen LogP contribution >= 0.6 is 0 Å². The molecule has 1 saturated carbocycles. The first-order valence-corrected chi connectivity index (χ1v) is 7.64. The summed E-state index contributed by atoms with van der Waals surface area (Å²) in [6, 6.07) is 1.22. The van der Waals surface area contributed by atoms with E-state index in [4.69, 9.17) is 0 Å². The minimum atomic E-state index is -3.70. The van der Waals surface area contributed by atoms with Crippen LogP contribution < -0.4 is 10.2 Å². The molecular weight excluding hydrogens is 252 g/mol. The Balaban J connectivity index is 2.13. The summed E-state index contributed by atoms with van der Waals surface area (Å²) in [7, 11) is -3.70. The summed E-state index contributed by atoms with van der Waals surface area (Å²) < 4.78 is 26.6. The SMILES string of the molecule is CCC1(CNS(=O)(=O)c2c[nH]ccc2=O)CCC1. The van der Waals surface area contributed by atoms with Gasteiger partial charge in [-0.25, -0.2) is 13.1 Å². The zero-order valence-corrected chi connectivity index (χ0v) is 11.2. The zero-order valence-electron chi connectivity index (χ0n) is 10.4. The van der Waals surface area contributed by atoms with Gasteiger partial charge < -0.3 is 4.98 Å². The first-order chi connectivity index (χ1) is 8.49. The van der Waals surface area contributed by atoms with Crippen molar-refractivity contribution in [2.24, 2.45) is 5.41 Å². The Bertz CT molecular complexity index is 567. The molecule has 0 spiro atoms. The monoisotopic (exact) mass is 270 g/mol. The fourth-order valence-corrected chi connectivity index (χ4v) is 3.48. The van der Waals surface area contributed by atoms with Crippen molar-refractivity contribution < 1.29 is 8.42 Å². The second-order valence-electron chi connectivity index (χ2n) is 4.90. The molecule has 18 heavy (non-hydrogen) atoms. The van der Waals surface area contributed by atoms with Gasteiger partial charge in [0.15, 0.2) is 0 Å². The van der Waals surface area contributed by atoms with Gasteiger partial charge in [-0.15, -0.1) is 0 Å². The summed E-state index contributed by atoms with van der Waals surface area (Å²) in [5.74, 6) is 0. The number of hydrogen-bond donors (Lipinski definition) is 2. The highest BCUT2D eigenvalue weighted by molar-refractivity contribution is 7.89. The van der Waals surface area contributed by atoms with Gasteiger partial charge in [0.05, 0.1) is 0 Å². The predicted octanol–water partition coefficient (Wildman–Crippen LogP) is 1.23. The molecule has 1 fully saturated rings. The lowest BCUT2D eigenvalue weighted by Gasteiger charge is -2.41. The number of hydrogen-bond acceptors (Lipinski definition) is 3. The van der Waals surface area contributed by atoms with Crippen LogP contribution in [0.4, 0.5) is 0 Å². The van der Waals surface area contributed by atoms with Gasteiger partial charge in [-0.1, -0.05) is 13.3 Å². The summed E-state index contributed by atoms with van der Waals surface area (Å²) in [5, 5.41) is 0. The standard InChI is InChI=1S/C12H18N2O3S/c1-2-12(5-3-6-12)9-14-18(16,17)11-8-13-7-4-10(11)15/h4,7-8,14H,2-3,5-6,9H2,1H3,(H,13,15). The third-order valence-corrected chi connectivity index (χ3v) is 5.30. The van der Waals surface area contributed by atoms with Crippen molar-refractivity contribution in [3.63, 3.8) is 0 Å². The maximum atomic E-state index is 12.0. The first-order valence-electron chi connectivity index (χ1n) is 6.16. The van der Waals surface area contributed by atoms with Gasteiger partial charge in [0.2, 0.25) is 15.5 Å². The number of rotatable bonds is 5. The summed E-state index contributed by atoms with van der Waals surface area (Å²) in [6.07, 6.45) is 6.86. The largest absolute Gasteiger partial charge is 0.366 e. The van der Waals surface area contributed by atoms with Gasteiger partial charge in [0.25, 0.3) is 0 Å². The first kappa shape index (κ1) is 13.3. The summed E-state index contributed by atoms with van der Waals surface area (Å²) >= 11 is 0. The van der Waals surface area contributed by atoms with Crippen LogP contribution in [-0.2, 0) is 10.0 Å². The number of pyridine rings is 1. The van der Waals surface area contributed by atoms with E-state index in [0.29, 0.717) is 6.54 Å². The van der Waals surface area contributed by atoms with Crippen molar-refractivity contribution in [2.45, 2.75) is 37.5 Å². The van der Waals surface area contributed by atoms with E-state index in [-0.39, 0.29) is 10.3 Å². The van der Waals surface area contributed by atoms with Crippen LogP contribution in [0.25, 0.3) is 0 Å². The number of H-pyrrole nitrogens is 1. The molecule has 1 aromatic rings. The smallest absolute Gasteiger partial charge is 0.245 e. The molecule has 0 unspecified atom stereocenters. The molecule has 1 aliphatic rings. The van der Waals surface area contributed by atoms with Crippen molar-refractivity contribution in [1.82, 2.24) is 9.71 Å². The van der Waals surface area contributed by atoms with Gasteiger partial charge in [0.1, 0.15) is 4.90 Å².